The Kier molecular flexibility index (Phi) is 8.91. The SMILES string of the molecule is Cc1ccc(N(c2ccc(C)cc2)c2ccc(-c3c4ccccc4c(-c4cc(C)cc(-c5ccc(-c6cc7cccc8ccc9cccc6c9c87)cc5)c4)c4ccccc34)cc2)cc1. The first-order valence-electron chi connectivity index (χ1n) is 22.3. The van der Waals surface area contributed by atoms with Gasteiger partial charge < -0.3 is 4.90 Å². The highest BCUT2D eigenvalue weighted by atomic mass is 15.1. The predicted molar refractivity (Wildman–Crippen MR) is 276 cm³/mol. The molecule has 0 fully saturated rings. The number of anilines is 3. The van der Waals surface area contributed by atoms with E-state index in [0.717, 1.165) is 17.1 Å². The summed E-state index contributed by atoms with van der Waals surface area (Å²) < 4.78 is 0. The van der Waals surface area contributed by atoms with Crippen molar-refractivity contribution in [3.05, 3.63) is 235 Å². The maximum absolute atomic E-state index is 2.40. The number of rotatable bonds is 7. The molecule has 0 spiro atoms. The highest BCUT2D eigenvalue weighted by Gasteiger charge is 2.19. The van der Waals surface area contributed by atoms with Crippen LogP contribution in [0.5, 0.6) is 0 Å². The van der Waals surface area contributed by atoms with E-state index in [1.165, 1.54) is 115 Å². The lowest BCUT2D eigenvalue weighted by Crippen LogP contribution is -2.09. The lowest BCUT2D eigenvalue weighted by atomic mass is 9.85. The van der Waals surface area contributed by atoms with Crippen molar-refractivity contribution in [1.82, 2.24) is 0 Å². The molecule has 1 heteroatoms. The van der Waals surface area contributed by atoms with Gasteiger partial charge in [0, 0.05) is 17.1 Å². The third-order valence-electron chi connectivity index (χ3n) is 13.3. The fourth-order valence-electron chi connectivity index (χ4n) is 10.3. The van der Waals surface area contributed by atoms with Crippen molar-refractivity contribution >= 4 is 70.9 Å². The zero-order valence-electron chi connectivity index (χ0n) is 36.2. The topological polar surface area (TPSA) is 3.24 Å². The van der Waals surface area contributed by atoms with Gasteiger partial charge in [0.05, 0.1) is 0 Å². The van der Waals surface area contributed by atoms with Crippen LogP contribution in [0.2, 0.25) is 0 Å². The summed E-state index contributed by atoms with van der Waals surface area (Å²) in [6, 6.07) is 81.2. The van der Waals surface area contributed by atoms with Crippen LogP contribution in [0.1, 0.15) is 16.7 Å². The minimum Gasteiger partial charge on any atom is -0.311 e. The lowest BCUT2D eigenvalue weighted by molar-refractivity contribution is 1.27. The molecule has 0 bridgehead atoms. The number of aryl methyl sites for hydroxylation is 3. The molecular weight excluding hydrogens is 771 g/mol. The van der Waals surface area contributed by atoms with Crippen molar-refractivity contribution in [2.75, 3.05) is 4.90 Å². The predicted octanol–water partition coefficient (Wildman–Crippen LogP) is 18.0. The summed E-state index contributed by atoms with van der Waals surface area (Å²) in [5, 5.41) is 12.9. The number of nitrogens with zero attached hydrogens (tertiary/aromatic N) is 1. The van der Waals surface area contributed by atoms with Crippen molar-refractivity contribution in [3.8, 4) is 44.5 Å². The highest BCUT2D eigenvalue weighted by molar-refractivity contribution is 6.26. The molecule has 0 aromatic heterocycles. The van der Waals surface area contributed by atoms with E-state index in [4.69, 9.17) is 0 Å². The summed E-state index contributed by atoms with van der Waals surface area (Å²) in [6.07, 6.45) is 0. The first kappa shape index (κ1) is 37.7. The Bertz CT molecular complexity index is 3610. The van der Waals surface area contributed by atoms with Gasteiger partial charge in [0.25, 0.3) is 0 Å². The number of fused-ring (bicyclic) bond motifs is 2. The van der Waals surface area contributed by atoms with E-state index in [-0.39, 0.29) is 0 Å². The van der Waals surface area contributed by atoms with Gasteiger partial charge in [-0.05, 0) is 173 Å². The Labute approximate surface area is 374 Å². The second-order valence-electron chi connectivity index (χ2n) is 17.5. The quantitative estimate of drug-likeness (QED) is 0.114. The summed E-state index contributed by atoms with van der Waals surface area (Å²) in [4.78, 5) is 2.35. The van der Waals surface area contributed by atoms with Crippen molar-refractivity contribution in [1.29, 1.82) is 0 Å². The van der Waals surface area contributed by atoms with Gasteiger partial charge in [-0.2, -0.15) is 0 Å². The second kappa shape index (κ2) is 15.1. The van der Waals surface area contributed by atoms with Crippen LogP contribution in [-0.4, -0.2) is 0 Å². The number of hydrogen-bond donors (Lipinski definition) is 0. The molecule has 0 amide bonds. The summed E-state index contributed by atoms with van der Waals surface area (Å²) in [6.45, 7) is 6.51. The first-order chi connectivity index (χ1) is 31.4. The Morgan fingerprint density at radius 2 is 0.703 bits per heavy atom. The van der Waals surface area contributed by atoms with Gasteiger partial charge in [-0.1, -0.05) is 181 Å². The molecule has 0 saturated heterocycles. The second-order valence-corrected chi connectivity index (χ2v) is 17.5. The summed E-state index contributed by atoms with van der Waals surface area (Å²) in [5.74, 6) is 0. The van der Waals surface area contributed by atoms with Crippen LogP contribution in [-0.2, 0) is 0 Å². The normalized spacial score (nSPS) is 11.7. The standard InChI is InChI=1S/C63H45N/c1-40-18-30-51(31-19-40)64(52-32-20-41(2)21-33-52)53-34-28-47(29-35-53)61-54-13-4-6-15-56(54)62(57-16-7-5-14-55(57)61)50-37-42(3)36-49(38-50)43-22-24-44(25-23-43)59-39-48-12-8-10-45-26-27-46-11-9-17-58(59)63(46)60(45)48/h4-39H,1-3H3. The molecule has 12 aromatic carbocycles. The lowest BCUT2D eigenvalue weighted by Gasteiger charge is -2.26. The number of hydrogen-bond acceptors (Lipinski definition) is 1. The smallest absolute Gasteiger partial charge is 0.0462 e. The van der Waals surface area contributed by atoms with Crippen LogP contribution in [0, 0.1) is 20.8 Å². The Balaban J connectivity index is 0.954. The third kappa shape index (κ3) is 6.31. The molecule has 0 unspecified atom stereocenters. The average molecular weight is 816 g/mol. The van der Waals surface area contributed by atoms with Crippen molar-refractivity contribution in [2.24, 2.45) is 0 Å². The Hall–Kier alpha value is -8.00. The van der Waals surface area contributed by atoms with Gasteiger partial charge in [-0.3, -0.25) is 0 Å². The van der Waals surface area contributed by atoms with Crippen LogP contribution in [0.15, 0.2) is 218 Å². The molecule has 0 atom stereocenters. The van der Waals surface area contributed by atoms with Crippen LogP contribution in [0.3, 0.4) is 0 Å². The molecule has 0 aliphatic heterocycles. The van der Waals surface area contributed by atoms with E-state index in [1.807, 2.05) is 0 Å². The molecule has 12 aromatic rings. The Morgan fingerprint density at radius 1 is 0.266 bits per heavy atom. The third-order valence-corrected chi connectivity index (χ3v) is 13.3. The van der Waals surface area contributed by atoms with E-state index < -0.39 is 0 Å². The molecule has 64 heavy (non-hydrogen) atoms. The van der Waals surface area contributed by atoms with Gasteiger partial charge in [-0.25, -0.2) is 0 Å². The van der Waals surface area contributed by atoms with Crippen LogP contribution in [0.4, 0.5) is 17.1 Å². The maximum atomic E-state index is 2.40. The van der Waals surface area contributed by atoms with E-state index in [2.05, 4.69) is 244 Å². The summed E-state index contributed by atoms with van der Waals surface area (Å²) in [7, 11) is 0. The van der Waals surface area contributed by atoms with Gasteiger partial charge in [0.1, 0.15) is 0 Å². The minimum absolute atomic E-state index is 1.12. The van der Waals surface area contributed by atoms with Crippen LogP contribution in [0.25, 0.3) is 98.4 Å². The van der Waals surface area contributed by atoms with Crippen molar-refractivity contribution in [3.63, 3.8) is 0 Å². The van der Waals surface area contributed by atoms with E-state index in [0.29, 0.717) is 0 Å². The fourth-order valence-corrected chi connectivity index (χ4v) is 10.3. The van der Waals surface area contributed by atoms with Gasteiger partial charge in [0.15, 0.2) is 0 Å². The molecule has 302 valence electrons. The van der Waals surface area contributed by atoms with E-state index >= 15 is 0 Å². The van der Waals surface area contributed by atoms with Crippen LogP contribution >= 0.6 is 0 Å². The molecule has 0 aliphatic rings. The molecule has 0 N–H and O–H groups in total. The number of benzene rings is 12. The minimum atomic E-state index is 1.12. The summed E-state index contributed by atoms with van der Waals surface area (Å²) in [5.41, 5.74) is 17.0. The van der Waals surface area contributed by atoms with Gasteiger partial charge >= 0.3 is 0 Å². The zero-order valence-corrected chi connectivity index (χ0v) is 36.2. The van der Waals surface area contributed by atoms with Gasteiger partial charge in [-0.15, -0.1) is 0 Å². The van der Waals surface area contributed by atoms with E-state index in [9.17, 15) is 0 Å². The fraction of sp³-hybridized carbons (Fsp3) is 0.0476. The molecular formula is C63H45N. The maximum Gasteiger partial charge on any atom is 0.0462 e. The monoisotopic (exact) mass is 815 g/mol. The van der Waals surface area contributed by atoms with Crippen LogP contribution < -0.4 is 4.90 Å². The van der Waals surface area contributed by atoms with E-state index in [1.54, 1.807) is 0 Å². The molecule has 0 heterocycles. The molecule has 0 saturated carbocycles. The summed E-state index contributed by atoms with van der Waals surface area (Å²) >= 11 is 0. The molecule has 0 aliphatic carbocycles. The molecule has 12 rings (SSSR count). The largest absolute Gasteiger partial charge is 0.311 e. The van der Waals surface area contributed by atoms with Crippen molar-refractivity contribution < 1.29 is 0 Å². The van der Waals surface area contributed by atoms with Gasteiger partial charge in [0.2, 0.25) is 0 Å². The average Bonchev–Trinajstić information content (AvgIpc) is 3.34. The van der Waals surface area contributed by atoms with Crippen molar-refractivity contribution in [2.45, 2.75) is 20.8 Å². The highest BCUT2D eigenvalue weighted by Crippen LogP contribution is 2.46. The molecule has 1 nitrogen and oxygen atoms in total. The zero-order chi connectivity index (χ0) is 42.9. The molecule has 0 radical (unpaired) electrons. The Morgan fingerprint density at radius 3 is 1.28 bits per heavy atom. The first-order valence-corrected chi connectivity index (χ1v) is 22.3.